The predicted molar refractivity (Wildman–Crippen MR) is 192 cm³/mol. The number of amides is 1. The molecule has 3 heterocycles. The largest absolute Gasteiger partial charge is 0.463 e. The maximum Gasteiger partial charge on any atom is 0.335 e. The molecule has 0 saturated heterocycles. The van der Waals surface area contributed by atoms with Crippen molar-refractivity contribution in [1.29, 1.82) is 0 Å². The predicted octanol–water partition coefficient (Wildman–Crippen LogP) is 8.09. The van der Waals surface area contributed by atoms with E-state index in [1.54, 1.807) is 6.20 Å². The van der Waals surface area contributed by atoms with Gasteiger partial charge in [0.1, 0.15) is 12.9 Å². The number of nitrogens with two attached hydrogens (primary N) is 1. The lowest BCUT2D eigenvalue weighted by Crippen LogP contribution is -2.47. The number of hydrogen-bond acceptors (Lipinski definition) is 8. The van der Waals surface area contributed by atoms with Gasteiger partial charge in [-0.1, -0.05) is 62.7 Å². The molecule has 1 aliphatic heterocycles. The Morgan fingerprint density at radius 3 is 2.37 bits per heavy atom. The zero-order valence-electron chi connectivity index (χ0n) is 30.3. The number of hydrogen-bond donors (Lipinski definition) is 1. The van der Waals surface area contributed by atoms with Crippen molar-refractivity contribution in [2.75, 3.05) is 6.61 Å². The summed E-state index contributed by atoms with van der Waals surface area (Å²) in [6.45, 7) is 3.15. The van der Waals surface area contributed by atoms with E-state index in [0.29, 0.717) is 16.3 Å². The highest BCUT2D eigenvalue weighted by atomic mass is 35.5. The second kappa shape index (κ2) is 13.5. The van der Waals surface area contributed by atoms with Crippen LogP contribution in [0.3, 0.4) is 0 Å². The number of alkyl halides is 4. The van der Waals surface area contributed by atoms with E-state index in [9.17, 15) is 22.4 Å². The summed E-state index contributed by atoms with van der Waals surface area (Å²) in [4.78, 5) is 38.2. The molecule has 2 atom stereocenters. The lowest BCUT2D eigenvalue weighted by Gasteiger charge is -2.35. The Hall–Kier alpha value is -4.79. The summed E-state index contributed by atoms with van der Waals surface area (Å²) in [6.07, 6.45) is 7.00. The molecule has 2 N–H and O–H groups in total. The van der Waals surface area contributed by atoms with Gasteiger partial charge in [-0.3, -0.25) is 19.2 Å². The van der Waals surface area contributed by atoms with Crippen molar-refractivity contribution in [3.05, 3.63) is 77.3 Å². The molecule has 0 spiro atoms. The van der Waals surface area contributed by atoms with Crippen LogP contribution in [0, 0.1) is 10.8 Å². The molecule has 286 valence electrons. The molecule has 2 fully saturated rings. The van der Waals surface area contributed by atoms with Crippen LogP contribution in [-0.2, 0) is 19.9 Å². The summed E-state index contributed by atoms with van der Waals surface area (Å²) < 4.78 is 64.6. The highest BCUT2D eigenvalue weighted by Crippen LogP contribution is 2.59. The molecule has 2 aromatic carbocycles. The van der Waals surface area contributed by atoms with Gasteiger partial charge in [-0.25, -0.2) is 18.8 Å². The average molecular weight is 769 g/mol. The van der Waals surface area contributed by atoms with Crippen molar-refractivity contribution in [2.45, 2.75) is 96.3 Å². The standard InChI is InChI=1S/C38H41ClF4N8O3/c1-35(2,3)20-38(25-8-5-22(6-9-25)24-17-46-49(18-24)26-10-11-26)32(53)50(34(44)48-38)29(19-54-30(52)16-37(13-14-37)36(4,42)43)23-7-12-28(39)27(15-23)31-45-21-47-51(31)33(40)41/h5-9,12,15,17-18,21,26,29,33H,10-11,13-14,16,19-20H2,1-4H3,(H2,44,48)/t29-,38-/m1/s1. The molecule has 16 heteroatoms. The van der Waals surface area contributed by atoms with Gasteiger partial charge in [0, 0.05) is 22.7 Å². The average Bonchev–Trinajstić information content (AvgIpc) is 3.97. The van der Waals surface area contributed by atoms with E-state index in [1.807, 2.05) is 55.9 Å². The summed E-state index contributed by atoms with van der Waals surface area (Å²) in [5, 5.41) is 8.16. The summed E-state index contributed by atoms with van der Waals surface area (Å²) in [7, 11) is 0. The van der Waals surface area contributed by atoms with Crippen LogP contribution in [0.1, 0.15) is 96.0 Å². The van der Waals surface area contributed by atoms with Gasteiger partial charge in [-0.15, -0.1) is 0 Å². The summed E-state index contributed by atoms with van der Waals surface area (Å²) in [6, 6.07) is 11.1. The minimum Gasteiger partial charge on any atom is -0.463 e. The third-order valence-corrected chi connectivity index (χ3v) is 10.8. The number of aromatic nitrogens is 5. The number of ether oxygens (including phenoxy) is 1. The fourth-order valence-corrected chi connectivity index (χ4v) is 7.49. The van der Waals surface area contributed by atoms with Crippen LogP contribution in [0.15, 0.2) is 66.2 Å². The quantitative estimate of drug-likeness (QED) is 0.107. The Morgan fingerprint density at radius 2 is 1.76 bits per heavy atom. The maximum absolute atomic E-state index is 15.0. The number of aliphatic imine (C=N–C) groups is 1. The van der Waals surface area contributed by atoms with Gasteiger partial charge in [-0.05, 0) is 73.3 Å². The second-order valence-electron chi connectivity index (χ2n) is 15.8. The van der Waals surface area contributed by atoms with E-state index in [-0.39, 0.29) is 47.2 Å². The van der Waals surface area contributed by atoms with Crippen molar-refractivity contribution in [1.82, 2.24) is 29.4 Å². The molecule has 4 aromatic rings. The molecule has 0 radical (unpaired) electrons. The molecule has 7 rings (SSSR count). The first kappa shape index (κ1) is 37.5. The Bertz CT molecular complexity index is 2100. The van der Waals surface area contributed by atoms with E-state index in [4.69, 9.17) is 27.1 Å². The van der Waals surface area contributed by atoms with Crippen LogP contribution < -0.4 is 5.73 Å². The SMILES string of the molecule is CC(C)(C)C[C@]1(c2ccc(-c3cnn(C4CC4)c3)cc2)N=C(N)N([C@H](COC(=O)CC2(C(C)(F)F)CC2)c2ccc(Cl)c(-c3ncnn3C(F)F)c2)C1=O. The van der Waals surface area contributed by atoms with Crippen LogP contribution in [0.2, 0.25) is 5.02 Å². The van der Waals surface area contributed by atoms with E-state index >= 15 is 4.79 Å². The number of carbonyl (C=O) groups excluding carboxylic acids is 2. The zero-order chi connectivity index (χ0) is 38.8. The van der Waals surface area contributed by atoms with Gasteiger partial charge < -0.3 is 10.5 Å². The van der Waals surface area contributed by atoms with Crippen LogP contribution in [0.25, 0.3) is 22.5 Å². The topological polar surface area (TPSA) is 134 Å². The molecule has 0 unspecified atom stereocenters. The van der Waals surface area contributed by atoms with Gasteiger partial charge in [0.15, 0.2) is 17.3 Å². The van der Waals surface area contributed by atoms with Crippen LogP contribution in [-0.4, -0.2) is 59.8 Å². The lowest BCUT2D eigenvalue weighted by atomic mass is 9.75. The summed E-state index contributed by atoms with van der Waals surface area (Å²) in [5.74, 6) is -4.91. The highest BCUT2D eigenvalue weighted by Gasteiger charge is 2.60. The first-order chi connectivity index (χ1) is 25.4. The normalized spacial score (nSPS) is 20.4. The molecular weight excluding hydrogens is 728 g/mol. The molecule has 2 aliphatic carbocycles. The van der Waals surface area contributed by atoms with Crippen LogP contribution in [0.4, 0.5) is 17.6 Å². The molecule has 1 amide bonds. The highest BCUT2D eigenvalue weighted by molar-refractivity contribution is 6.33. The van der Waals surface area contributed by atoms with E-state index in [2.05, 4.69) is 15.2 Å². The minimum atomic E-state index is -3.10. The van der Waals surface area contributed by atoms with E-state index < -0.39 is 59.8 Å². The second-order valence-corrected chi connectivity index (χ2v) is 16.3. The Labute approximate surface area is 314 Å². The third-order valence-electron chi connectivity index (χ3n) is 10.5. The fourth-order valence-electron chi connectivity index (χ4n) is 7.29. The number of carbonyl (C=O) groups is 2. The number of esters is 1. The van der Waals surface area contributed by atoms with Gasteiger partial charge in [0.25, 0.3) is 11.8 Å². The molecular formula is C38H41ClF4N8O3. The lowest BCUT2D eigenvalue weighted by molar-refractivity contribution is -0.153. The summed E-state index contributed by atoms with van der Waals surface area (Å²) in [5.41, 5.74) is 5.95. The first-order valence-corrected chi connectivity index (χ1v) is 18.1. The van der Waals surface area contributed by atoms with Gasteiger partial charge in [0.05, 0.1) is 29.7 Å². The third kappa shape index (κ3) is 7.09. The van der Waals surface area contributed by atoms with Crippen molar-refractivity contribution in [3.63, 3.8) is 0 Å². The molecule has 3 aliphatic rings. The maximum atomic E-state index is 15.0. The number of halogens is 5. The van der Waals surface area contributed by atoms with Crippen molar-refractivity contribution in [2.24, 2.45) is 21.6 Å². The van der Waals surface area contributed by atoms with E-state index in [0.717, 1.165) is 37.2 Å². The van der Waals surface area contributed by atoms with Crippen molar-refractivity contribution in [3.8, 4) is 22.5 Å². The number of nitrogens with zero attached hydrogens (tertiary/aromatic N) is 7. The summed E-state index contributed by atoms with van der Waals surface area (Å²) >= 11 is 6.49. The molecule has 2 aromatic heterocycles. The van der Waals surface area contributed by atoms with Gasteiger partial charge in [-0.2, -0.15) is 23.7 Å². The monoisotopic (exact) mass is 768 g/mol. The van der Waals surface area contributed by atoms with Gasteiger partial charge >= 0.3 is 12.5 Å². The van der Waals surface area contributed by atoms with Crippen LogP contribution >= 0.6 is 11.6 Å². The number of rotatable bonds is 13. The molecule has 11 nitrogen and oxygen atoms in total. The van der Waals surface area contributed by atoms with E-state index in [1.165, 1.54) is 23.1 Å². The Morgan fingerprint density at radius 1 is 1.06 bits per heavy atom. The fraction of sp³-hybridized carbons (Fsp3) is 0.474. The van der Waals surface area contributed by atoms with Crippen molar-refractivity contribution >= 4 is 29.4 Å². The Balaban J connectivity index is 1.26. The number of guanidine groups is 1. The van der Waals surface area contributed by atoms with Gasteiger partial charge in [0.2, 0.25) is 0 Å². The minimum absolute atomic E-state index is 0.0597. The smallest absolute Gasteiger partial charge is 0.335 e. The van der Waals surface area contributed by atoms with Crippen molar-refractivity contribution < 1.29 is 31.9 Å². The molecule has 0 bridgehead atoms. The van der Waals surface area contributed by atoms with Crippen LogP contribution in [0.5, 0.6) is 0 Å². The zero-order valence-corrected chi connectivity index (χ0v) is 31.0. The first-order valence-electron chi connectivity index (χ1n) is 17.8. The Kier molecular flexibility index (Phi) is 9.38. The molecule has 2 saturated carbocycles. The number of benzene rings is 2. The molecule has 54 heavy (non-hydrogen) atoms.